The van der Waals surface area contributed by atoms with E-state index in [4.69, 9.17) is 0 Å². The Balaban J connectivity index is 1.92. The Morgan fingerprint density at radius 3 is 3.00 bits per heavy atom. The molecule has 0 saturated carbocycles. The molecule has 0 fully saturated rings. The lowest BCUT2D eigenvalue weighted by molar-refractivity contribution is 0.555. The van der Waals surface area contributed by atoms with Crippen LogP contribution in [0, 0.1) is 6.92 Å². The number of rotatable bonds is 2. The van der Waals surface area contributed by atoms with Crippen LogP contribution in [-0.4, -0.2) is 33.1 Å². The predicted molar refractivity (Wildman–Crippen MR) is 69.6 cm³/mol. The zero-order valence-electron chi connectivity index (χ0n) is 10.6. The summed E-state index contributed by atoms with van der Waals surface area (Å²) in [5, 5.41) is 2.98. The van der Waals surface area contributed by atoms with Crippen LogP contribution in [0.1, 0.15) is 11.4 Å². The quantitative estimate of drug-likeness (QED) is 0.855. The van der Waals surface area contributed by atoms with E-state index in [9.17, 15) is 0 Å². The van der Waals surface area contributed by atoms with Gasteiger partial charge in [-0.3, -0.25) is 0 Å². The van der Waals surface area contributed by atoms with Gasteiger partial charge in [0.1, 0.15) is 11.6 Å². The fraction of sp³-hybridized carbons (Fsp3) is 0.417. The first-order chi connectivity index (χ1) is 8.78. The topological polar surface area (TPSA) is 58.9 Å². The Hall–Kier alpha value is -2.11. The van der Waals surface area contributed by atoms with Crippen molar-refractivity contribution in [2.75, 3.05) is 23.8 Å². The van der Waals surface area contributed by atoms with Crippen molar-refractivity contribution >= 4 is 11.8 Å². The Morgan fingerprint density at radius 2 is 2.17 bits per heavy atom. The summed E-state index contributed by atoms with van der Waals surface area (Å²) in [5.74, 6) is 2.73. The van der Waals surface area contributed by atoms with E-state index in [0.29, 0.717) is 5.95 Å². The van der Waals surface area contributed by atoms with Crippen molar-refractivity contribution in [3.05, 3.63) is 30.0 Å². The summed E-state index contributed by atoms with van der Waals surface area (Å²) < 4.78 is 2.19. The summed E-state index contributed by atoms with van der Waals surface area (Å²) in [6.07, 6.45) is 5.73. The molecule has 0 aromatic carbocycles. The van der Waals surface area contributed by atoms with Gasteiger partial charge in [0.05, 0.1) is 6.54 Å². The van der Waals surface area contributed by atoms with Crippen molar-refractivity contribution in [1.82, 2.24) is 19.5 Å². The second kappa shape index (κ2) is 4.29. The van der Waals surface area contributed by atoms with E-state index in [1.165, 1.54) is 0 Å². The van der Waals surface area contributed by atoms with E-state index < -0.39 is 0 Å². The molecule has 94 valence electrons. The lowest BCUT2D eigenvalue weighted by Gasteiger charge is -2.29. The molecule has 1 aliphatic rings. The number of aromatic nitrogens is 4. The minimum atomic E-state index is 0.657. The summed E-state index contributed by atoms with van der Waals surface area (Å²) in [6.45, 7) is 4.74. The van der Waals surface area contributed by atoms with Crippen LogP contribution in [-0.2, 0) is 13.1 Å². The molecule has 0 radical (unpaired) electrons. The van der Waals surface area contributed by atoms with Crippen molar-refractivity contribution in [1.29, 1.82) is 0 Å². The summed E-state index contributed by atoms with van der Waals surface area (Å²) in [4.78, 5) is 15.4. The first kappa shape index (κ1) is 11.0. The highest BCUT2D eigenvalue weighted by molar-refractivity contribution is 5.49. The van der Waals surface area contributed by atoms with E-state index in [1.54, 1.807) is 0 Å². The molecule has 1 aliphatic heterocycles. The SMILES string of the molecule is CNc1ncc(C)c(N2CCn3ccnc3C2)n1. The average Bonchev–Trinajstić information content (AvgIpc) is 2.86. The maximum atomic E-state index is 4.54. The molecule has 1 N–H and O–H groups in total. The molecular weight excluding hydrogens is 228 g/mol. The molecule has 0 unspecified atom stereocenters. The molecule has 3 rings (SSSR count). The van der Waals surface area contributed by atoms with Crippen LogP contribution in [0.5, 0.6) is 0 Å². The van der Waals surface area contributed by atoms with Crippen molar-refractivity contribution in [3.8, 4) is 0 Å². The normalized spacial score (nSPS) is 14.4. The number of imidazole rings is 1. The first-order valence-corrected chi connectivity index (χ1v) is 6.04. The molecule has 0 aliphatic carbocycles. The summed E-state index contributed by atoms with van der Waals surface area (Å²) in [5.41, 5.74) is 1.09. The zero-order chi connectivity index (χ0) is 12.5. The number of nitrogens with one attached hydrogen (secondary N) is 1. The molecule has 18 heavy (non-hydrogen) atoms. The maximum Gasteiger partial charge on any atom is 0.224 e. The molecule has 2 aromatic heterocycles. The van der Waals surface area contributed by atoms with Crippen LogP contribution in [0.2, 0.25) is 0 Å². The van der Waals surface area contributed by atoms with E-state index >= 15 is 0 Å². The minimum Gasteiger partial charge on any atom is -0.357 e. The molecule has 6 nitrogen and oxygen atoms in total. The van der Waals surface area contributed by atoms with Gasteiger partial charge in [-0.15, -0.1) is 0 Å². The molecule has 0 atom stereocenters. The van der Waals surface area contributed by atoms with Gasteiger partial charge in [-0.2, -0.15) is 4.98 Å². The molecule has 0 amide bonds. The van der Waals surface area contributed by atoms with Crippen LogP contribution < -0.4 is 10.2 Å². The molecule has 6 heteroatoms. The van der Waals surface area contributed by atoms with Crippen molar-refractivity contribution < 1.29 is 0 Å². The second-order valence-electron chi connectivity index (χ2n) is 4.41. The van der Waals surface area contributed by atoms with Crippen molar-refractivity contribution in [2.45, 2.75) is 20.0 Å². The van der Waals surface area contributed by atoms with Gasteiger partial charge >= 0.3 is 0 Å². The van der Waals surface area contributed by atoms with E-state index in [0.717, 1.165) is 36.8 Å². The number of hydrogen-bond donors (Lipinski definition) is 1. The minimum absolute atomic E-state index is 0.657. The largest absolute Gasteiger partial charge is 0.357 e. The predicted octanol–water partition coefficient (Wildman–Crippen LogP) is 1.04. The van der Waals surface area contributed by atoms with Gasteiger partial charge in [0.15, 0.2) is 0 Å². The summed E-state index contributed by atoms with van der Waals surface area (Å²) in [7, 11) is 1.83. The first-order valence-electron chi connectivity index (χ1n) is 6.04. The lowest BCUT2D eigenvalue weighted by Crippen LogP contribution is -2.34. The number of fused-ring (bicyclic) bond motifs is 1. The molecular formula is C12H16N6. The average molecular weight is 244 g/mol. The summed E-state index contributed by atoms with van der Waals surface area (Å²) >= 11 is 0. The van der Waals surface area contributed by atoms with E-state index in [2.05, 4.69) is 29.7 Å². The standard InChI is InChI=1S/C12H16N6/c1-9-7-15-12(13-2)16-11(9)18-6-5-17-4-3-14-10(17)8-18/h3-4,7H,5-6,8H2,1-2H3,(H,13,15,16). The van der Waals surface area contributed by atoms with Gasteiger partial charge in [-0.1, -0.05) is 0 Å². The van der Waals surface area contributed by atoms with Gasteiger partial charge in [0.25, 0.3) is 0 Å². The van der Waals surface area contributed by atoms with E-state index in [-0.39, 0.29) is 0 Å². The highest BCUT2D eigenvalue weighted by Gasteiger charge is 2.19. The Bertz CT molecular complexity index is 561. The van der Waals surface area contributed by atoms with Gasteiger partial charge in [-0.05, 0) is 6.92 Å². The number of aryl methyl sites for hydroxylation is 1. The lowest BCUT2D eigenvalue weighted by atomic mass is 10.3. The second-order valence-corrected chi connectivity index (χ2v) is 4.41. The fourth-order valence-electron chi connectivity index (χ4n) is 2.23. The Morgan fingerprint density at radius 1 is 1.28 bits per heavy atom. The maximum absolute atomic E-state index is 4.54. The molecule has 0 spiro atoms. The van der Waals surface area contributed by atoms with Gasteiger partial charge in [-0.25, -0.2) is 9.97 Å². The highest BCUT2D eigenvalue weighted by Crippen LogP contribution is 2.22. The number of nitrogens with zero attached hydrogens (tertiary/aromatic N) is 5. The Kier molecular flexibility index (Phi) is 2.62. The highest BCUT2D eigenvalue weighted by atomic mass is 15.3. The van der Waals surface area contributed by atoms with Crippen LogP contribution in [0.15, 0.2) is 18.6 Å². The Labute approximate surface area is 106 Å². The third kappa shape index (κ3) is 1.79. The van der Waals surface area contributed by atoms with Crippen LogP contribution in [0.4, 0.5) is 11.8 Å². The summed E-state index contributed by atoms with van der Waals surface area (Å²) in [6, 6.07) is 0. The molecule has 0 saturated heterocycles. The van der Waals surface area contributed by atoms with Crippen LogP contribution >= 0.6 is 0 Å². The van der Waals surface area contributed by atoms with Gasteiger partial charge in [0, 0.05) is 44.3 Å². The van der Waals surface area contributed by atoms with Crippen molar-refractivity contribution in [2.24, 2.45) is 0 Å². The molecule has 3 heterocycles. The third-order valence-electron chi connectivity index (χ3n) is 3.21. The van der Waals surface area contributed by atoms with Crippen LogP contribution in [0.3, 0.4) is 0 Å². The van der Waals surface area contributed by atoms with Crippen molar-refractivity contribution in [3.63, 3.8) is 0 Å². The van der Waals surface area contributed by atoms with Gasteiger partial charge < -0.3 is 14.8 Å². The molecule has 2 aromatic rings. The number of hydrogen-bond acceptors (Lipinski definition) is 5. The third-order valence-corrected chi connectivity index (χ3v) is 3.21. The number of anilines is 2. The van der Waals surface area contributed by atoms with E-state index in [1.807, 2.05) is 32.6 Å². The smallest absolute Gasteiger partial charge is 0.224 e. The fourth-order valence-corrected chi connectivity index (χ4v) is 2.23. The van der Waals surface area contributed by atoms with Crippen LogP contribution in [0.25, 0.3) is 0 Å². The monoisotopic (exact) mass is 244 g/mol. The van der Waals surface area contributed by atoms with Gasteiger partial charge in [0.2, 0.25) is 5.95 Å². The zero-order valence-corrected chi connectivity index (χ0v) is 10.6. The molecule has 0 bridgehead atoms.